The van der Waals surface area contributed by atoms with E-state index in [1.165, 1.54) is 17.3 Å². The van der Waals surface area contributed by atoms with Crippen LogP contribution in [0.25, 0.3) is 11.3 Å². The van der Waals surface area contributed by atoms with Crippen molar-refractivity contribution >= 4 is 11.6 Å². The lowest BCUT2D eigenvalue weighted by atomic mass is 10.0. The maximum Gasteiger partial charge on any atom is 0.408 e. The van der Waals surface area contributed by atoms with Crippen LogP contribution in [0.2, 0.25) is 0 Å². The summed E-state index contributed by atoms with van der Waals surface area (Å²) < 4.78 is 44.3. The first-order chi connectivity index (χ1) is 14.7. The van der Waals surface area contributed by atoms with Crippen molar-refractivity contribution in [1.82, 2.24) is 19.7 Å². The number of nitrogens with zero attached hydrogens (tertiary/aromatic N) is 5. The zero-order chi connectivity index (χ0) is 22.3. The Balaban J connectivity index is 1.69. The van der Waals surface area contributed by atoms with Crippen LogP contribution < -0.4 is 9.64 Å². The predicted molar refractivity (Wildman–Crippen MR) is 107 cm³/mol. The van der Waals surface area contributed by atoms with Crippen LogP contribution in [0.3, 0.4) is 0 Å². The molecule has 1 atom stereocenters. The van der Waals surface area contributed by atoms with Gasteiger partial charge < -0.3 is 4.74 Å². The highest BCUT2D eigenvalue weighted by Gasteiger charge is 2.39. The zero-order valence-corrected chi connectivity index (χ0v) is 17.1. The Kier molecular flexibility index (Phi) is 5.16. The van der Waals surface area contributed by atoms with Crippen LogP contribution in [0.15, 0.2) is 36.9 Å². The monoisotopic (exact) mass is 431 g/mol. The van der Waals surface area contributed by atoms with E-state index in [1.807, 2.05) is 19.9 Å². The second-order valence-electron chi connectivity index (χ2n) is 7.29. The minimum absolute atomic E-state index is 0.292. The Labute approximate surface area is 176 Å². The van der Waals surface area contributed by atoms with Crippen LogP contribution in [0.1, 0.15) is 41.5 Å². The quantitative estimate of drug-likeness (QED) is 0.601. The van der Waals surface area contributed by atoms with Gasteiger partial charge in [-0.15, -0.1) is 0 Å². The third-order valence-corrected chi connectivity index (χ3v) is 5.02. The molecule has 31 heavy (non-hydrogen) atoms. The molecule has 3 aromatic heterocycles. The smallest absolute Gasteiger partial charge is 0.408 e. The molecular formula is C21H20F3N5O2. The lowest BCUT2D eigenvalue weighted by molar-refractivity contribution is -0.142. The van der Waals surface area contributed by atoms with Gasteiger partial charge in [0.2, 0.25) is 0 Å². The van der Waals surface area contributed by atoms with Gasteiger partial charge in [-0.1, -0.05) is 0 Å². The van der Waals surface area contributed by atoms with Crippen LogP contribution in [0.4, 0.5) is 18.9 Å². The van der Waals surface area contributed by atoms with Gasteiger partial charge in [0.1, 0.15) is 12.3 Å². The number of carbonyl (C=O) groups is 1. The van der Waals surface area contributed by atoms with E-state index in [9.17, 15) is 18.0 Å². The molecule has 1 amide bonds. The van der Waals surface area contributed by atoms with Crippen LogP contribution in [0, 0.1) is 6.92 Å². The molecular weight excluding hydrogens is 411 g/mol. The van der Waals surface area contributed by atoms with Crippen LogP contribution in [-0.2, 0) is 6.54 Å². The SMILES string of the molecule is CCOc1cncc(-c2cc(C)c3c(n2)C(C)N(c2cnn(CC(F)(F)F)c2)C3=O)c1. The molecule has 162 valence electrons. The minimum Gasteiger partial charge on any atom is -0.492 e. The number of alkyl halides is 3. The number of amides is 1. The van der Waals surface area contributed by atoms with E-state index in [0.29, 0.717) is 35.0 Å². The number of halogens is 3. The Hall–Kier alpha value is -3.43. The molecule has 4 rings (SSSR count). The Morgan fingerprint density at radius 1 is 1.19 bits per heavy atom. The molecule has 0 N–H and O–H groups in total. The van der Waals surface area contributed by atoms with Crippen molar-refractivity contribution < 1.29 is 22.7 Å². The molecule has 1 aliphatic rings. The fourth-order valence-corrected chi connectivity index (χ4v) is 3.74. The van der Waals surface area contributed by atoms with Gasteiger partial charge in [0.05, 0.1) is 47.7 Å². The number of ether oxygens (including phenoxy) is 1. The van der Waals surface area contributed by atoms with Crippen molar-refractivity contribution in [3.8, 4) is 17.0 Å². The number of hydrogen-bond donors (Lipinski definition) is 0. The van der Waals surface area contributed by atoms with Crippen molar-refractivity contribution in [2.24, 2.45) is 0 Å². The van der Waals surface area contributed by atoms with E-state index < -0.39 is 18.8 Å². The molecule has 0 saturated heterocycles. The van der Waals surface area contributed by atoms with Crippen LogP contribution in [-0.4, -0.2) is 38.4 Å². The number of carbonyl (C=O) groups excluding carboxylic acids is 1. The largest absolute Gasteiger partial charge is 0.492 e. The highest BCUT2D eigenvalue weighted by Crippen LogP contribution is 2.39. The number of fused-ring (bicyclic) bond motifs is 1. The average molecular weight is 431 g/mol. The maximum absolute atomic E-state index is 13.1. The average Bonchev–Trinajstić information content (AvgIpc) is 3.23. The van der Waals surface area contributed by atoms with Gasteiger partial charge in [-0.25, -0.2) is 4.98 Å². The summed E-state index contributed by atoms with van der Waals surface area (Å²) in [5.41, 5.74) is 3.41. The number of anilines is 1. The van der Waals surface area contributed by atoms with E-state index >= 15 is 0 Å². The summed E-state index contributed by atoms with van der Waals surface area (Å²) in [4.78, 5) is 23.4. The summed E-state index contributed by atoms with van der Waals surface area (Å²) in [6.45, 7) is 4.76. The summed E-state index contributed by atoms with van der Waals surface area (Å²) in [7, 11) is 0. The number of aromatic nitrogens is 4. The molecule has 0 spiro atoms. The van der Waals surface area contributed by atoms with Crippen molar-refractivity contribution in [2.45, 2.75) is 39.5 Å². The number of pyridine rings is 2. The zero-order valence-electron chi connectivity index (χ0n) is 17.1. The first-order valence-corrected chi connectivity index (χ1v) is 9.70. The third-order valence-electron chi connectivity index (χ3n) is 5.02. The van der Waals surface area contributed by atoms with Crippen LogP contribution in [0.5, 0.6) is 5.75 Å². The van der Waals surface area contributed by atoms with Gasteiger partial charge in [0, 0.05) is 18.0 Å². The number of hydrogen-bond acceptors (Lipinski definition) is 5. The normalized spacial score (nSPS) is 16.0. The van der Waals surface area contributed by atoms with E-state index in [2.05, 4.69) is 10.1 Å². The Morgan fingerprint density at radius 3 is 2.68 bits per heavy atom. The molecule has 10 heteroatoms. The van der Waals surface area contributed by atoms with Gasteiger partial charge in [-0.2, -0.15) is 18.3 Å². The van der Waals surface area contributed by atoms with E-state index in [-0.39, 0.29) is 5.91 Å². The van der Waals surface area contributed by atoms with Crippen molar-refractivity contribution in [2.75, 3.05) is 11.5 Å². The molecule has 3 aromatic rings. The first-order valence-electron chi connectivity index (χ1n) is 9.70. The molecule has 0 saturated carbocycles. The van der Waals surface area contributed by atoms with Crippen molar-refractivity contribution in [3.05, 3.63) is 53.7 Å². The van der Waals surface area contributed by atoms with Crippen molar-refractivity contribution in [3.63, 3.8) is 0 Å². The predicted octanol–water partition coefficient (Wildman–Crippen LogP) is 4.33. The Bertz CT molecular complexity index is 1140. The lowest BCUT2D eigenvalue weighted by Gasteiger charge is -2.19. The van der Waals surface area contributed by atoms with E-state index in [4.69, 9.17) is 9.72 Å². The highest BCUT2D eigenvalue weighted by molar-refractivity contribution is 6.11. The van der Waals surface area contributed by atoms with Gasteiger partial charge >= 0.3 is 6.18 Å². The summed E-state index contributed by atoms with van der Waals surface area (Å²) in [5.74, 6) is 0.301. The molecule has 4 heterocycles. The standard InChI is InChI=1S/C21H20F3N5O2/c1-4-31-16-6-14(7-25-9-16)17-5-12(2)18-19(27-17)13(3)29(20(18)30)15-8-26-28(10-15)11-21(22,23)24/h5-10,13H,4,11H2,1-3H3. The maximum atomic E-state index is 13.1. The molecule has 1 aliphatic heterocycles. The molecule has 0 aliphatic carbocycles. The molecule has 0 fully saturated rings. The molecule has 1 unspecified atom stereocenters. The fourth-order valence-electron chi connectivity index (χ4n) is 3.74. The Morgan fingerprint density at radius 2 is 1.97 bits per heavy atom. The molecule has 0 aromatic carbocycles. The second-order valence-corrected chi connectivity index (χ2v) is 7.29. The van der Waals surface area contributed by atoms with Crippen LogP contribution >= 0.6 is 0 Å². The van der Waals surface area contributed by atoms with Gasteiger partial charge in [0.25, 0.3) is 5.91 Å². The lowest BCUT2D eigenvalue weighted by Crippen LogP contribution is -2.26. The first kappa shape index (κ1) is 20.8. The number of aryl methyl sites for hydroxylation is 1. The summed E-state index contributed by atoms with van der Waals surface area (Å²) in [6, 6.07) is 3.16. The third kappa shape index (κ3) is 3.97. The van der Waals surface area contributed by atoms with Gasteiger partial charge in [-0.3, -0.25) is 19.4 Å². The van der Waals surface area contributed by atoms with Gasteiger partial charge in [-0.05, 0) is 38.5 Å². The fraction of sp³-hybridized carbons (Fsp3) is 0.333. The minimum atomic E-state index is -4.40. The summed E-state index contributed by atoms with van der Waals surface area (Å²) in [6.07, 6.45) is 1.36. The molecule has 7 nitrogen and oxygen atoms in total. The molecule has 0 radical (unpaired) electrons. The molecule has 0 bridgehead atoms. The number of rotatable bonds is 5. The topological polar surface area (TPSA) is 73.1 Å². The summed E-state index contributed by atoms with van der Waals surface area (Å²) >= 11 is 0. The second kappa shape index (κ2) is 7.68. The van der Waals surface area contributed by atoms with E-state index in [0.717, 1.165) is 15.8 Å². The highest BCUT2D eigenvalue weighted by atomic mass is 19.4. The van der Waals surface area contributed by atoms with Crippen molar-refractivity contribution in [1.29, 1.82) is 0 Å². The summed E-state index contributed by atoms with van der Waals surface area (Å²) in [5, 5.41) is 3.75. The van der Waals surface area contributed by atoms with Gasteiger partial charge in [0.15, 0.2) is 0 Å². The van der Waals surface area contributed by atoms with E-state index in [1.54, 1.807) is 25.4 Å².